The minimum absolute atomic E-state index is 0.164. The van der Waals surface area contributed by atoms with Crippen LogP contribution in [-0.4, -0.2) is 34.1 Å². The van der Waals surface area contributed by atoms with E-state index in [2.05, 4.69) is 10.1 Å². The van der Waals surface area contributed by atoms with E-state index in [4.69, 9.17) is 9.26 Å². The van der Waals surface area contributed by atoms with Crippen LogP contribution in [-0.2, 0) is 11.3 Å². The average Bonchev–Trinajstić information content (AvgIpc) is 3.11. The number of ether oxygens (including phenoxy) is 1. The lowest BCUT2D eigenvalue weighted by Crippen LogP contribution is -2.37. The second-order valence-electron chi connectivity index (χ2n) is 5.65. The van der Waals surface area contributed by atoms with Gasteiger partial charge in [-0.1, -0.05) is 53.7 Å². The number of nitrogens with zero attached hydrogens (tertiary/aromatic N) is 3. The molecule has 128 valence electrons. The molecule has 0 aliphatic heterocycles. The van der Waals surface area contributed by atoms with Crippen LogP contribution in [0, 0.1) is 0 Å². The van der Waals surface area contributed by atoms with Crippen molar-refractivity contribution < 1.29 is 14.1 Å². The van der Waals surface area contributed by atoms with Crippen molar-refractivity contribution >= 4 is 5.91 Å². The van der Waals surface area contributed by atoms with Gasteiger partial charge in [-0.15, -0.1) is 0 Å². The van der Waals surface area contributed by atoms with Crippen LogP contribution in [0.1, 0.15) is 12.8 Å². The third kappa shape index (κ3) is 4.23. The smallest absolute Gasteiger partial charge is 0.263 e. The largest absolute Gasteiger partial charge is 0.481 e. The fourth-order valence-electron chi connectivity index (χ4n) is 2.37. The molecule has 1 aromatic heterocycles. The molecule has 0 aliphatic carbocycles. The lowest BCUT2D eigenvalue weighted by molar-refractivity contribution is -0.137. The van der Waals surface area contributed by atoms with E-state index in [0.29, 0.717) is 17.5 Å². The standard InChI is InChI=1S/C19H19N3O3/c1-14(24-16-11-7-4-8-12-16)19(23)22(2)13-17-20-18(21-25-17)15-9-5-3-6-10-15/h3-12,14H,13H2,1-2H3/t14-/m1/s1. The van der Waals surface area contributed by atoms with E-state index in [0.717, 1.165) is 5.56 Å². The summed E-state index contributed by atoms with van der Waals surface area (Å²) < 4.78 is 10.9. The van der Waals surface area contributed by atoms with E-state index >= 15 is 0 Å². The summed E-state index contributed by atoms with van der Waals surface area (Å²) in [5, 5.41) is 3.96. The summed E-state index contributed by atoms with van der Waals surface area (Å²) in [6, 6.07) is 18.8. The highest BCUT2D eigenvalue weighted by atomic mass is 16.5. The van der Waals surface area contributed by atoms with Crippen LogP contribution in [0.5, 0.6) is 5.75 Å². The van der Waals surface area contributed by atoms with Crippen molar-refractivity contribution in [1.82, 2.24) is 15.0 Å². The number of amides is 1. The molecule has 0 spiro atoms. The topological polar surface area (TPSA) is 68.5 Å². The van der Waals surface area contributed by atoms with Gasteiger partial charge in [0.05, 0.1) is 6.54 Å². The van der Waals surface area contributed by atoms with Crippen molar-refractivity contribution in [1.29, 1.82) is 0 Å². The first kappa shape index (κ1) is 16.7. The van der Waals surface area contributed by atoms with Gasteiger partial charge in [0.15, 0.2) is 6.10 Å². The molecule has 0 saturated carbocycles. The van der Waals surface area contributed by atoms with Crippen LogP contribution in [0.4, 0.5) is 0 Å². The molecule has 3 aromatic rings. The fraction of sp³-hybridized carbons (Fsp3) is 0.211. The highest BCUT2D eigenvalue weighted by Crippen LogP contribution is 2.16. The van der Waals surface area contributed by atoms with E-state index in [1.165, 1.54) is 4.90 Å². The number of hydrogen-bond donors (Lipinski definition) is 0. The van der Waals surface area contributed by atoms with Gasteiger partial charge in [-0.25, -0.2) is 0 Å². The molecular formula is C19H19N3O3. The molecule has 1 amide bonds. The highest BCUT2D eigenvalue weighted by Gasteiger charge is 2.21. The third-order valence-corrected chi connectivity index (χ3v) is 3.65. The maximum Gasteiger partial charge on any atom is 0.263 e. The Morgan fingerprint density at radius 2 is 1.76 bits per heavy atom. The normalized spacial score (nSPS) is 11.8. The highest BCUT2D eigenvalue weighted by molar-refractivity contribution is 5.80. The maximum absolute atomic E-state index is 12.4. The number of carbonyl (C=O) groups is 1. The molecule has 25 heavy (non-hydrogen) atoms. The summed E-state index contributed by atoms with van der Waals surface area (Å²) in [6.07, 6.45) is -0.607. The molecule has 6 nitrogen and oxygen atoms in total. The first-order valence-electron chi connectivity index (χ1n) is 7.98. The Labute approximate surface area is 146 Å². The van der Waals surface area contributed by atoms with Crippen LogP contribution in [0.3, 0.4) is 0 Å². The van der Waals surface area contributed by atoms with Crippen LogP contribution in [0.25, 0.3) is 11.4 Å². The number of hydrogen-bond acceptors (Lipinski definition) is 5. The molecule has 1 heterocycles. The lowest BCUT2D eigenvalue weighted by Gasteiger charge is -2.20. The Hall–Kier alpha value is -3.15. The van der Waals surface area contributed by atoms with Gasteiger partial charge in [0.2, 0.25) is 11.7 Å². The van der Waals surface area contributed by atoms with Gasteiger partial charge < -0.3 is 14.2 Å². The van der Waals surface area contributed by atoms with Gasteiger partial charge in [-0.2, -0.15) is 4.98 Å². The van der Waals surface area contributed by atoms with Crippen LogP contribution >= 0.6 is 0 Å². The van der Waals surface area contributed by atoms with Crippen molar-refractivity contribution in [3.63, 3.8) is 0 Å². The maximum atomic E-state index is 12.4. The van der Waals surface area contributed by atoms with Gasteiger partial charge in [-0.05, 0) is 19.1 Å². The number of carbonyl (C=O) groups excluding carboxylic acids is 1. The lowest BCUT2D eigenvalue weighted by atomic mass is 10.2. The number of rotatable bonds is 6. The summed E-state index contributed by atoms with van der Waals surface area (Å²) in [5.74, 6) is 1.37. The van der Waals surface area contributed by atoms with E-state index in [-0.39, 0.29) is 12.5 Å². The Balaban J connectivity index is 1.61. The summed E-state index contributed by atoms with van der Waals surface area (Å²) in [5.41, 5.74) is 0.868. The van der Waals surface area contributed by atoms with E-state index in [1.54, 1.807) is 14.0 Å². The second kappa shape index (κ2) is 7.61. The summed E-state index contributed by atoms with van der Waals surface area (Å²) in [6.45, 7) is 1.94. The van der Waals surface area contributed by atoms with Gasteiger partial charge in [-0.3, -0.25) is 4.79 Å². The SMILES string of the molecule is C[C@@H](Oc1ccccc1)C(=O)N(C)Cc1nc(-c2ccccc2)no1. The Morgan fingerprint density at radius 3 is 2.44 bits per heavy atom. The van der Waals surface area contributed by atoms with E-state index < -0.39 is 6.10 Å². The average molecular weight is 337 g/mol. The number of likely N-dealkylation sites (N-methyl/N-ethyl adjacent to an activating group) is 1. The zero-order valence-corrected chi connectivity index (χ0v) is 14.1. The van der Waals surface area contributed by atoms with Gasteiger partial charge in [0.25, 0.3) is 5.91 Å². The molecule has 2 aromatic carbocycles. The molecule has 0 unspecified atom stereocenters. The van der Waals surface area contributed by atoms with E-state index in [1.807, 2.05) is 60.7 Å². The minimum Gasteiger partial charge on any atom is -0.481 e. The molecule has 0 bridgehead atoms. The minimum atomic E-state index is -0.607. The number of aromatic nitrogens is 2. The fourth-order valence-corrected chi connectivity index (χ4v) is 2.37. The second-order valence-corrected chi connectivity index (χ2v) is 5.65. The summed E-state index contributed by atoms with van der Waals surface area (Å²) >= 11 is 0. The van der Waals surface area contributed by atoms with Crippen molar-refractivity contribution in [2.24, 2.45) is 0 Å². The van der Waals surface area contributed by atoms with Crippen molar-refractivity contribution in [2.75, 3.05) is 7.05 Å². The van der Waals surface area contributed by atoms with Gasteiger partial charge in [0, 0.05) is 12.6 Å². The monoisotopic (exact) mass is 337 g/mol. The van der Waals surface area contributed by atoms with Crippen LogP contribution in [0.2, 0.25) is 0 Å². The molecule has 0 radical (unpaired) electrons. The molecule has 3 rings (SSSR count). The predicted octanol–water partition coefficient (Wildman–Crippen LogP) is 3.16. The zero-order valence-electron chi connectivity index (χ0n) is 14.1. The Morgan fingerprint density at radius 1 is 1.12 bits per heavy atom. The first-order chi connectivity index (χ1) is 12.1. The van der Waals surface area contributed by atoms with E-state index in [9.17, 15) is 4.79 Å². The van der Waals surface area contributed by atoms with Crippen molar-refractivity contribution in [3.05, 3.63) is 66.6 Å². The quantitative estimate of drug-likeness (QED) is 0.691. The first-order valence-corrected chi connectivity index (χ1v) is 7.98. The number of para-hydroxylation sites is 1. The van der Waals surface area contributed by atoms with Gasteiger partial charge >= 0.3 is 0 Å². The Bertz CT molecular complexity index is 818. The zero-order chi connectivity index (χ0) is 17.6. The summed E-state index contributed by atoms with van der Waals surface area (Å²) in [7, 11) is 1.68. The number of benzene rings is 2. The van der Waals surface area contributed by atoms with Crippen molar-refractivity contribution in [2.45, 2.75) is 19.6 Å². The van der Waals surface area contributed by atoms with Crippen LogP contribution in [0.15, 0.2) is 65.2 Å². The molecule has 1 atom stereocenters. The third-order valence-electron chi connectivity index (χ3n) is 3.65. The summed E-state index contributed by atoms with van der Waals surface area (Å²) in [4.78, 5) is 18.3. The van der Waals surface area contributed by atoms with Crippen molar-refractivity contribution in [3.8, 4) is 17.1 Å². The molecular weight excluding hydrogens is 318 g/mol. The Kier molecular flexibility index (Phi) is 5.09. The molecule has 6 heteroatoms. The molecule has 0 N–H and O–H groups in total. The van der Waals surface area contributed by atoms with Crippen LogP contribution < -0.4 is 4.74 Å². The molecule has 0 fully saturated rings. The molecule has 0 saturated heterocycles. The predicted molar refractivity (Wildman–Crippen MR) is 92.7 cm³/mol. The molecule has 0 aliphatic rings. The van der Waals surface area contributed by atoms with Gasteiger partial charge in [0.1, 0.15) is 5.75 Å².